The van der Waals surface area contributed by atoms with Gasteiger partial charge in [-0.25, -0.2) is 0 Å². The Kier molecular flexibility index (Phi) is 13.6. The van der Waals surface area contributed by atoms with Crippen LogP contribution in [0.3, 0.4) is 0 Å². The number of hydrogen-bond acceptors (Lipinski definition) is 0. The summed E-state index contributed by atoms with van der Waals surface area (Å²) in [4.78, 5) is 0. The van der Waals surface area contributed by atoms with Crippen molar-refractivity contribution >= 4 is 464 Å². The minimum atomic E-state index is 1.38. The van der Waals surface area contributed by atoms with Crippen molar-refractivity contribution in [2.75, 3.05) is 0 Å². The number of rotatable bonds is 4. The molecular weight excluding hydrogens is 925 g/mol. The molecule has 0 atom stereocenters. The molecular formula is C50H60B30. The fraction of sp³-hybridized carbons (Fsp3) is 0. The highest BCUT2D eigenvalue weighted by Crippen LogP contribution is 2.39. The molecule has 0 N–H and O–H groups in total. The predicted molar refractivity (Wildman–Crippen MR) is 461 cm³/mol. The van der Waals surface area contributed by atoms with Crippen LogP contribution in [-0.2, 0) is 0 Å². The summed E-state index contributed by atoms with van der Waals surface area (Å²) >= 11 is 0. The first kappa shape index (κ1) is 57.3. The van der Waals surface area contributed by atoms with E-state index in [-0.39, 0.29) is 0 Å². The lowest BCUT2D eigenvalue weighted by molar-refractivity contribution is 1.76. The minimum Gasteiger partial charge on any atom is -0.102 e. The van der Waals surface area contributed by atoms with Gasteiger partial charge in [0.1, 0.15) is 235 Å². The summed E-state index contributed by atoms with van der Waals surface area (Å²) < 4.78 is 0. The van der Waals surface area contributed by atoms with E-state index in [0.29, 0.717) is 0 Å². The third-order valence-corrected chi connectivity index (χ3v) is 23.6. The third kappa shape index (κ3) is 6.95. The Morgan fingerprint density at radius 3 is 0.525 bits per heavy atom. The molecule has 0 saturated carbocycles. The second-order valence-electron chi connectivity index (χ2n) is 26.2. The van der Waals surface area contributed by atoms with Crippen LogP contribution in [0, 0.1) is 0 Å². The third-order valence-electron chi connectivity index (χ3n) is 23.6. The lowest BCUT2D eigenvalue weighted by Crippen LogP contribution is -2.57. The summed E-state index contributed by atoms with van der Waals surface area (Å²) in [5.41, 5.74) is 53.4. The quantitative estimate of drug-likeness (QED) is 0.122. The molecule has 0 bridgehead atoms. The van der Waals surface area contributed by atoms with Crippen molar-refractivity contribution in [3.8, 4) is 44.5 Å². The van der Waals surface area contributed by atoms with E-state index in [0.717, 1.165) is 0 Å². The zero-order valence-electron chi connectivity index (χ0n) is 55.0. The molecule has 0 spiro atoms. The first-order chi connectivity index (χ1) is 37.3. The molecule has 0 heterocycles. The summed E-state index contributed by atoms with van der Waals surface area (Å²) in [7, 11) is 72.5. The van der Waals surface area contributed by atoms with Gasteiger partial charge >= 0.3 is 0 Å². The average molecular weight is 985 g/mol. The van der Waals surface area contributed by atoms with Crippen LogP contribution in [0.2, 0.25) is 0 Å². The van der Waals surface area contributed by atoms with Gasteiger partial charge in [-0.3, -0.25) is 0 Å². The standard InChI is InChI=1S/C50H60B30/c51-21-7(8-5-1-3-13(30(60)23(5)53)37(67)45(75)39(69)15(3)34(64)32(62)11(1)28(58)25(8)55)10(18-22(52)19(42(72)47(77)41(18)71)20-43(73)48(78)50(80)49(79)44(20)74)27(57)36(66)17(21)9-6-2-4-14(31(61)24(6)54)38(68)46(76)40(70)16(4)35(65)33(63)12(2)29(59)26(9)56/h51-80H2. The molecule has 0 radical (unpaired) electrons. The molecule has 80 heavy (non-hydrogen) atoms. The van der Waals surface area contributed by atoms with Crippen LogP contribution in [-0.4, -0.2) is 235 Å². The number of hydrogen-bond donors (Lipinski definition) is 0. The molecule has 350 valence electrons. The van der Waals surface area contributed by atoms with E-state index in [1.807, 2.05) is 0 Å². The Balaban J connectivity index is 1.46. The number of benzene rings is 11. The minimum absolute atomic E-state index is 1.38. The predicted octanol–water partition coefficient (Wildman–Crippen LogP) is -38.1. The highest BCUT2D eigenvalue weighted by molar-refractivity contribution is 6.79. The smallest absolute Gasteiger partial charge is 0.102 e. The normalized spacial score (nSPS) is 12.0. The van der Waals surface area contributed by atoms with Crippen molar-refractivity contribution in [2.45, 2.75) is 0 Å². The SMILES string of the molecule is Bc1c(B)c(B)c(-c2c(B)c(B)c(B)c(-c3c(B)c(B)c(-c4c(B)c(B)c5c(B)c(B)c6c(B)c(B)c(B)c7c(B)c(B)c4c5c67)c(B)c3-c3c(B)c(B)c4c(B)c(B)c5c(B)c(B)c(B)c6c(B)c(B)c3c4c56)c2B)c(B)c1B. The van der Waals surface area contributed by atoms with Gasteiger partial charge in [0.25, 0.3) is 0 Å². The maximum atomic E-state index is 2.54. The van der Waals surface area contributed by atoms with E-state index in [2.05, 4.69) is 235 Å². The van der Waals surface area contributed by atoms with Gasteiger partial charge in [-0.15, -0.1) is 32.8 Å². The first-order valence-electron chi connectivity index (χ1n) is 30.0. The van der Waals surface area contributed by atoms with Crippen LogP contribution in [0.5, 0.6) is 0 Å². The van der Waals surface area contributed by atoms with Gasteiger partial charge in [0.2, 0.25) is 0 Å². The molecule has 0 fully saturated rings. The second-order valence-corrected chi connectivity index (χ2v) is 26.2. The van der Waals surface area contributed by atoms with E-state index in [4.69, 9.17) is 0 Å². The van der Waals surface area contributed by atoms with Crippen molar-refractivity contribution in [2.24, 2.45) is 0 Å². The molecule has 0 aliphatic rings. The molecule has 0 aromatic heterocycles. The second kappa shape index (κ2) is 19.0. The van der Waals surface area contributed by atoms with Gasteiger partial charge in [0.05, 0.1) is 0 Å². The monoisotopic (exact) mass is 991 g/mol. The summed E-state index contributed by atoms with van der Waals surface area (Å²) in [5.74, 6) is 0. The summed E-state index contributed by atoms with van der Waals surface area (Å²) in [6.07, 6.45) is 0. The molecule has 11 aromatic carbocycles. The van der Waals surface area contributed by atoms with Crippen molar-refractivity contribution < 1.29 is 0 Å². The van der Waals surface area contributed by atoms with Gasteiger partial charge in [-0.1, -0.05) is 131 Å². The molecule has 11 rings (SSSR count). The van der Waals surface area contributed by atoms with Crippen molar-refractivity contribution in [3.63, 3.8) is 0 Å². The Labute approximate surface area is 504 Å². The van der Waals surface area contributed by atoms with E-state index in [9.17, 15) is 0 Å². The lowest BCUT2D eigenvalue weighted by Gasteiger charge is -2.34. The van der Waals surface area contributed by atoms with Gasteiger partial charge < -0.3 is 0 Å². The molecule has 0 saturated heterocycles. The van der Waals surface area contributed by atoms with E-state index in [1.54, 1.807) is 0 Å². The molecule has 0 amide bonds. The summed E-state index contributed by atoms with van der Waals surface area (Å²) in [6.45, 7) is 0. The molecule has 11 aromatic rings. The van der Waals surface area contributed by atoms with E-state index in [1.165, 1.54) is 273 Å². The van der Waals surface area contributed by atoms with Crippen LogP contribution in [0.4, 0.5) is 0 Å². The molecule has 0 unspecified atom stereocenters. The molecule has 0 aliphatic heterocycles. The molecule has 30 heteroatoms. The first-order valence-corrected chi connectivity index (χ1v) is 30.0. The van der Waals surface area contributed by atoms with Gasteiger partial charge in [-0.2, -0.15) is 0 Å². The van der Waals surface area contributed by atoms with Crippen LogP contribution in [0.25, 0.3) is 109 Å². The largest absolute Gasteiger partial charge is 0.140 e. The van der Waals surface area contributed by atoms with Crippen LogP contribution in [0.1, 0.15) is 0 Å². The highest BCUT2D eigenvalue weighted by atomic mass is 14.3. The highest BCUT2D eigenvalue weighted by Gasteiger charge is 2.33. The zero-order chi connectivity index (χ0) is 58.9. The average Bonchev–Trinajstić information content (AvgIpc) is 2.48. The van der Waals surface area contributed by atoms with Gasteiger partial charge in [0, 0.05) is 0 Å². The zero-order valence-corrected chi connectivity index (χ0v) is 55.0. The van der Waals surface area contributed by atoms with Gasteiger partial charge in [0.15, 0.2) is 0 Å². The maximum absolute atomic E-state index is 2.54. The van der Waals surface area contributed by atoms with Crippen LogP contribution < -0.4 is 164 Å². The van der Waals surface area contributed by atoms with Crippen molar-refractivity contribution in [1.82, 2.24) is 0 Å². The topological polar surface area (TPSA) is 0 Å². The van der Waals surface area contributed by atoms with Crippen molar-refractivity contribution in [3.05, 3.63) is 0 Å². The van der Waals surface area contributed by atoms with E-state index < -0.39 is 0 Å². The molecule has 0 nitrogen and oxygen atoms in total. The Morgan fingerprint density at radius 2 is 0.200 bits per heavy atom. The van der Waals surface area contributed by atoms with Crippen LogP contribution >= 0.6 is 0 Å². The fourth-order valence-electron chi connectivity index (χ4n) is 17.1. The Hall–Kier alpha value is -4.55. The Bertz CT molecular complexity index is 4730. The van der Waals surface area contributed by atoms with E-state index >= 15 is 0 Å². The lowest BCUT2D eigenvalue weighted by atomic mass is 9.54. The summed E-state index contributed by atoms with van der Waals surface area (Å²) in [6, 6.07) is 0. The molecule has 0 aliphatic carbocycles. The van der Waals surface area contributed by atoms with Crippen LogP contribution in [0.15, 0.2) is 0 Å². The Morgan fingerprint density at radius 1 is 0.0750 bits per heavy atom. The maximum Gasteiger partial charge on any atom is 0.140 e. The fourth-order valence-corrected chi connectivity index (χ4v) is 17.1. The van der Waals surface area contributed by atoms with Crippen molar-refractivity contribution in [1.29, 1.82) is 0 Å². The summed E-state index contributed by atoms with van der Waals surface area (Å²) in [5, 5.41) is 17.4. The van der Waals surface area contributed by atoms with Gasteiger partial charge in [-0.05, 0) is 109 Å².